The van der Waals surface area contributed by atoms with Crippen molar-refractivity contribution in [3.05, 3.63) is 16.5 Å². The Kier molecular flexibility index (Phi) is 4.69. The fourth-order valence-electron chi connectivity index (χ4n) is 1.19. The summed E-state index contributed by atoms with van der Waals surface area (Å²) in [6, 6.07) is 0. The highest BCUT2D eigenvalue weighted by Gasteiger charge is 2.12. The van der Waals surface area contributed by atoms with Gasteiger partial charge in [0.15, 0.2) is 0 Å². The van der Waals surface area contributed by atoms with Crippen LogP contribution in [-0.2, 0) is 4.79 Å². The molecule has 0 atom stereocenters. The molecule has 0 spiro atoms. The molecular formula is C11H17ClN4O. The number of carbonyl (C=O) groups excluding carboxylic acids is 1. The molecule has 1 amide bonds. The van der Waals surface area contributed by atoms with Gasteiger partial charge in [0, 0.05) is 18.5 Å². The van der Waals surface area contributed by atoms with Crippen molar-refractivity contribution in [3.63, 3.8) is 0 Å². The summed E-state index contributed by atoms with van der Waals surface area (Å²) in [6.07, 6.45) is 0. The molecule has 5 nitrogen and oxygen atoms in total. The first kappa shape index (κ1) is 13.7. The van der Waals surface area contributed by atoms with E-state index in [4.69, 9.17) is 11.6 Å². The van der Waals surface area contributed by atoms with Crippen molar-refractivity contribution < 1.29 is 4.79 Å². The summed E-state index contributed by atoms with van der Waals surface area (Å²) < 4.78 is 0. The first-order valence-electron chi connectivity index (χ1n) is 5.44. The molecule has 0 saturated heterocycles. The summed E-state index contributed by atoms with van der Waals surface area (Å²) in [5, 5.41) is 5.90. The number of nitrogens with one attached hydrogen (secondary N) is 2. The van der Waals surface area contributed by atoms with Gasteiger partial charge in [-0.15, -0.1) is 0 Å². The minimum absolute atomic E-state index is 0.106. The lowest BCUT2D eigenvalue weighted by Crippen LogP contribution is -2.27. The maximum Gasteiger partial charge on any atom is 0.239 e. The molecule has 0 unspecified atom stereocenters. The zero-order chi connectivity index (χ0) is 13.0. The maximum absolute atomic E-state index is 11.2. The number of amides is 1. The van der Waals surface area contributed by atoms with Crippen LogP contribution in [0.15, 0.2) is 0 Å². The van der Waals surface area contributed by atoms with Gasteiger partial charge in [0.1, 0.15) is 16.8 Å². The minimum atomic E-state index is -0.106. The molecule has 1 aromatic rings. The predicted molar refractivity (Wildman–Crippen MR) is 68.4 cm³/mol. The number of hydrogen-bond donors (Lipinski definition) is 2. The highest BCUT2D eigenvalue weighted by Crippen LogP contribution is 2.22. The van der Waals surface area contributed by atoms with Crippen molar-refractivity contribution >= 4 is 23.3 Å². The van der Waals surface area contributed by atoms with E-state index in [-0.39, 0.29) is 18.4 Å². The van der Waals surface area contributed by atoms with Gasteiger partial charge < -0.3 is 10.6 Å². The zero-order valence-electron chi connectivity index (χ0n) is 10.5. The van der Waals surface area contributed by atoms with E-state index in [9.17, 15) is 4.79 Å². The number of halogens is 1. The molecule has 0 bridgehead atoms. The Morgan fingerprint density at radius 3 is 2.59 bits per heavy atom. The van der Waals surface area contributed by atoms with E-state index >= 15 is 0 Å². The van der Waals surface area contributed by atoms with E-state index < -0.39 is 0 Å². The van der Waals surface area contributed by atoms with E-state index in [1.54, 1.807) is 7.05 Å². The number of carbonyl (C=O) groups is 1. The largest absolute Gasteiger partial charge is 0.361 e. The molecule has 0 saturated carbocycles. The third-order valence-corrected chi connectivity index (χ3v) is 2.68. The minimum Gasteiger partial charge on any atom is -0.361 e. The Morgan fingerprint density at radius 2 is 2.06 bits per heavy atom. The zero-order valence-corrected chi connectivity index (χ0v) is 11.2. The van der Waals surface area contributed by atoms with Crippen LogP contribution in [-0.4, -0.2) is 29.5 Å². The molecule has 6 heteroatoms. The summed E-state index contributed by atoms with van der Waals surface area (Å²) in [7, 11) is 1.59. The van der Waals surface area contributed by atoms with Crippen LogP contribution in [0.5, 0.6) is 0 Å². The molecule has 0 aliphatic carbocycles. The van der Waals surface area contributed by atoms with Gasteiger partial charge >= 0.3 is 0 Å². The van der Waals surface area contributed by atoms with Gasteiger partial charge in [0.05, 0.1) is 6.54 Å². The summed E-state index contributed by atoms with van der Waals surface area (Å²) >= 11 is 6.02. The average molecular weight is 257 g/mol. The fourth-order valence-corrected chi connectivity index (χ4v) is 1.36. The average Bonchev–Trinajstić information content (AvgIpc) is 2.30. The highest BCUT2D eigenvalue weighted by molar-refractivity contribution is 6.30. The second-order valence-electron chi connectivity index (χ2n) is 4.03. The van der Waals surface area contributed by atoms with Crippen LogP contribution in [0.4, 0.5) is 5.82 Å². The maximum atomic E-state index is 11.2. The molecule has 0 aliphatic rings. The smallest absolute Gasteiger partial charge is 0.239 e. The molecule has 0 radical (unpaired) electrons. The van der Waals surface area contributed by atoms with Crippen LogP contribution in [0.1, 0.15) is 31.2 Å². The number of hydrogen-bond acceptors (Lipinski definition) is 4. The lowest BCUT2D eigenvalue weighted by Gasteiger charge is -2.12. The SMILES string of the molecule is CNC(=O)CNc1nc(C(C)C)nc(Cl)c1C. The highest BCUT2D eigenvalue weighted by atomic mass is 35.5. The molecule has 94 valence electrons. The summed E-state index contributed by atoms with van der Waals surface area (Å²) in [5.74, 6) is 1.36. The van der Waals surface area contributed by atoms with Gasteiger partial charge in [0.25, 0.3) is 0 Å². The van der Waals surface area contributed by atoms with Gasteiger partial charge in [-0.1, -0.05) is 25.4 Å². The van der Waals surface area contributed by atoms with Crippen LogP contribution in [0.25, 0.3) is 0 Å². The molecule has 1 aromatic heterocycles. The van der Waals surface area contributed by atoms with E-state index in [0.29, 0.717) is 16.8 Å². The molecule has 17 heavy (non-hydrogen) atoms. The van der Waals surface area contributed by atoms with Crippen molar-refractivity contribution in [1.82, 2.24) is 15.3 Å². The molecule has 0 aromatic carbocycles. The third-order valence-electron chi connectivity index (χ3n) is 2.32. The molecule has 1 heterocycles. The normalized spacial score (nSPS) is 10.5. The Hall–Kier alpha value is -1.36. The molecular weight excluding hydrogens is 240 g/mol. The van der Waals surface area contributed by atoms with E-state index in [2.05, 4.69) is 20.6 Å². The van der Waals surface area contributed by atoms with E-state index in [0.717, 1.165) is 5.56 Å². The first-order chi connectivity index (χ1) is 7.95. The van der Waals surface area contributed by atoms with Gasteiger partial charge in [-0.2, -0.15) is 0 Å². The van der Waals surface area contributed by atoms with Crippen molar-refractivity contribution in [1.29, 1.82) is 0 Å². The lowest BCUT2D eigenvalue weighted by molar-refractivity contribution is -0.118. The van der Waals surface area contributed by atoms with E-state index in [1.807, 2.05) is 20.8 Å². The fraction of sp³-hybridized carbons (Fsp3) is 0.545. The quantitative estimate of drug-likeness (QED) is 0.805. The number of likely N-dealkylation sites (N-methyl/N-ethyl adjacent to an activating group) is 1. The Balaban J connectivity index is 2.93. The Labute approximate surface area is 106 Å². The second-order valence-corrected chi connectivity index (χ2v) is 4.39. The first-order valence-corrected chi connectivity index (χ1v) is 5.82. The lowest BCUT2D eigenvalue weighted by atomic mass is 10.2. The monoisotopic (exact) mass is 256 g/mol. The van der Waals surface area contributed by atoms with Crippen LogP contribution < -0.4 is 10.6 Å². The van der Waals surface area contributed by atoms with E-state index in [1.165, 1.54) is 0 Å². The van der Waals surface area contributed by atoms with Crippen molar-refractivity contribution in [2.24, 2.45) is 0 Å². The number of nitrogens with zero attached hydrogens (tertiary/aromatic N) is 2. The molecule has 0 aliphatic heterocycles. The van der Waals surface area contributed by atoms with Gasteiger partial charge in [-0.3, -0.25) is 4.79 Å². The standard InChI is InChI=1S/C11H17ClN4O/c1-6(2)10-15-9(12)7(3)11(16-10)14-5-8(17)13-4/h6H,5H2,1-4H3,(H,13,17)(H,14,15,16). The van der Waals surface area contributed by atoms with Crippen LogP contribution >= 0.6 is 11.6 Å². The number of rotatable bonds is 4. The van der Waals surface area contributed by atoms with Crippen LogP contribution in [0, 0.1) is 6.92 Å². The summed E-state index contributed by atoms with van der Waals surface area (Å²) in [5.41, 5.74) is 0.750. The molecule has 2 N–H and O–H groups in total. The Morgan fingerprint density at radius 1 is 1.41 bits per heavy atom. The topological polar surface area (TPSA) is 66.9 Å². The molecule has 0 fully saturated rings. The van der Waals surface area contributed by atoms with Crippen molar-refractivity contribution in [2.75, 3.05) is 18.9 Å². The van der Waals surface area contributed by atoms with Gasteiger partial charge in [0.2, 0.25) is 5.91 Å². The molecule has 1 rings (SSSR count). The van der Waals surface area contributed by atoms with Crippen LogP contribution in [0.2, 0.25) is 5.15 Å². The Bertz CT molecular complexity index is 420. The van der Waals surface area contributed by atoms with Crippen molar-refractivity contribution in [3.8, 4) is 0 Å². The van der Waals surface area contributed by atoms with Crippen LogP contribution in [0.3, 0.4) is 0 Å². The summed E-state index contributed by atoms with van der Waals surface area (Å²) in [4.78, 5) is 19.7. The predicted octanol–water partition coefficient (Wildman–Crippen LogP) is 1.72. The van der Waals surface area contributed by atoms with Gasteiger partial charge in [-0.25, -0.2) is 9.97 Å². The number of anilines is 1. The number of aromatic nitrogens is 2. The third kappa shape index (κ3) is 3.56. The van der Waals surface area contributed by atoms with Gasteiger partial charge in [-0.05, 0) is 6.92 Å². The summed E-state index contributed by atoms with van der Waals surface area (Å²) in [6.45, 7) is 5.97. The second kappa shape index (κ2) is 5.82. The van der Waals surface area contributed by atoms with Crippen molar-refractivity contribution in [2.45, 2.75) is 26.7 Å².